The van der Waals surface area contributed by atoms with E-state index in [2.05, 4.69) is 5.32 Å². The third-order valence-electron chi connectivity index (χ3n) is 3.15. The van der Waals surface area contributed by atoms with Crippen LogP contribution in [0.3, 0.4) is 0 Å². The lowest BCUT2D eigenvalue weighted by atomic mass is 9.88. The second-order valence-electron chi connectivity index (χ2n) is 5.52. The second-order valence-corrected chi connectivity index (χ2v) is 5.52. The molecule has 0 aliphatic heterocycles. The number of halogens is 1. The van der Waals surface area contributed by atoms with Crippen LogP contribution in [0.1, 0.15) is 37.0 Å². The molecule has 0 bridgehead atoms. The lowest BCUT2D eigenvalue weighted by molar-refractivity contribution is 0.0932. The summed E-state index contributed by atoms with van der Waals surface area (Å²) in [5.41, 5.74) is 0.267. The van der Waals surface area contributed by atoms with Crippen molar-refractivity contribution < 1.29 is 19.0 Å². The molecule has 5 heteroatoms. The highest BCUT2D eigenvalue weighted by molar-refractivity contribution is 5.94. The van der Waals surface area contributed by atoms with E-state index in [4.69, 9.17) is 9.84 Å². The Labute approximate surface area is 119 Å². The van der Waals surface area contributed by atoms with Crippen molar-refractivity contribution in [1.82, 2.24) is 5.32 Å². The number of nitrogens with one attached hydrogen (secondary N) is 1. The van der Waals surface area contributed by atoms with Gasteiger partial charge >= 0.3 is 0 Å². The number of ether oxygens (including phenoxy) is 1. The Morgan fingerprint density at radius 2 is 2.15 bits per heavy atom. The summed E-state index contributed by atoms with van der Waals surface area (Å²) in [6.07, 6.45) is 1.52. The summed E-state index contributed by atoms with van der Waals surface area (Å²) in [7, 11) is 1.36. The Kier molecular flexibility index (Phi) is 5.95. The number of carbonyl (C=O) groups excluding carboxylic acids is 1. The molecule has 20 heavy (non-hydrogen) atoms. The SMILES string of the molecule is COc1cc(C(=O)NCC(C)(C)CCCO)ccc1F. The zero-order chi connectivity index (χ0) is 15.2. The van der Waals surface area contributed by atoms with E-state index in [0.29, 0.717) is 18.5 Å². The van der Waals surface area contributed by atoms with Crippen LogP contribution in [0.5, 0.6) is 5.75 Å². The van der Waals surface area contributed by atoms with E-state index in [0.717, 1.165) is 6.42 Å². The summed E-state index contributed by atoms with van der Waals surface area (Å²) in [6, 6.07) is 4.02. The highest BCUT2D eigenvalue weighted by Gasteiger charge is 2.19. The van der Waals surface area contributed by atoms with Crippen molar-refractivity contribution in [1.29, 1.82) is 0 Å². The van der Waals surface area contributed by atoms with Gasteiger partial charge in [0.05, 0.1) is 7.11 Å². The minimum Gasteiger partial charge on any atom is -0.494 e. The van der Waals surface area contributed by atoms with Gasteiger partial charge < -0.3 is 15.2 Å². The van der Waals surface area contributed by atoms with Gasteiger partial charge in [0.2, 0.25) is 0 Å². The van der Waals surface area contributed by atoms with Crippen LogP contribution in [0.2, 0.25) is 0 Å². The lowest BCUT2D eigenvalue weighted by Crippen LogP contribution is -2.34. The largest absolute Gasteiger partial charge is 0.494 e. The molecule has 0 fully saturated rings. The monoisotopic (exact) mass is 283 g/mol. The molecule has 0 aliphatic carbocycles. The quantitative estimate of drug-likeness (QED) is 0.807. The van der Waals surface area contributed by atoms with Crippen molar-refractivity contribution >= 4 is 5.91 Å². The van der Waals surface area contributed by atoms with Gasteiger partial charge in [-0.05, 0) is 36.5 Å². The lowest BCUT2D eigenvalue weighted by Gasteiger charge is -2.24. The minimum atomic E-state index is -0.493. The van der Waals surface area contributed by atoms with Gasteiger partial charge in [0.1, 0.15) is 0 Å². The highest BCUT2D eigenvalue weighted by atomic mass is 19.1. The number of aliphatic hydroxyl groups excluding tert-OH is 1. The van der Waals surface area contributed by atoms with Crippen LogP contribution in [0.15, 0.2) is 18.2 Å². The fourth-order valence-corrected chi connectivity index (χ4v) is 1.87. The first-order valence-corrected chi connectivity index (χ1v) is 6.62. The van der Waals surface area contributed by atoms with E-state index in [1.807, 2.05) is 13.8 Å². The van der Waals surface area contributed by atoms with Crippen molar-refractivity contribution in [2.24, 2.45) is 5.41 Å². The minimum absolute atomic E-state index is 0.0530. The molecular formula is C15H22FNO3. The van der Waals surface area contributed by atoms with Crippen LogP contribution < -0.4 is 10.1 Å². The van der Waals surface area contributed by atoms with Crippen LogP contribution in [0.25, 0.3) is 0 Å². The van der Waals surface area contributed by atoms with Crippen molar-refractivity contribution in [3.8, 4) is 5.75 Å². The van der Waals surface area contributed by atoms with Crippen molar-refractivity contribution in [3.63, 3.8) is 0 Å². The summed E-state index contributed by atoms with van der Waals surface area (Å²) in [4.78, 5) is 12.0. The molecule has 1 aromatic carbocycles. The van der Waals surface area contributed by atoms with Crippen molar-refractivity contribution in [3.05, 3.63) is 29.6 Å². The van der Waals surface area contributed by atoms with E-state index >= 15 is 0 Å². The molecule has 0 heterocycles. The van der Waals surface area contributed by atoms with Gasteiger partial charge in [-0.1, -0.05) is 13.8 Å². The van der Waals surface area contributed by atoms with Crippen molar-refractivity contribution in [2.45, 2.75) is 26.7 Å². The Hall–Kier alpha value is -1.62. The molecule has 0 saturated heterocycles. The van der Waals surface area contributed by atoms with Crippen LogP contribution in [-0.2, 0) is 0 Å². The Bertz CT molecular complexity index is 460. The smallest absolute Gasteiger partial charge is 0.251 e. The average Bonchev–Trinajstić information content (AvgIpc) is 2.43. The normalized spacial score (nSPS) is 11.2. The number of methoxy groups -OCH3 is 1. The molecule has 2 N–H and O–H groups in total. The third kappa shape index (κ3) is 4.81. The van der Waals surface area contributed by atoms with Crippen LogP contribution in [-0.4, -0.2) is 31.3 Å². The number of aliphatic hydroxyl groups is 1. The molecule has 0 atom stereocenters. The summed E-state index contributed by atoms with van der Waals surface area (Å²) < 4.78 is 18.1. The summed E-state index contributed by atoms with van der Waals surface area (Å²) >= 11 is 0. The Balaban J connectivity index is 2.63. The van der Waals surface area contributed by atoms with Gasteiger partial charge in [-0.2, -0.15) is 0 Å². The zero-order valence-corrected chi connectivity index (χ0v) is 12.2. The van der Waals surface area contributed by atoms with Gasteiger partial charge in [0, 0.05) is 18.7 Å². The summed E-state index contributed by atoms with van der Waals surface area (Å²) in [5.74, 6) is -0.704. The number of amides is 1. The molecule has 0 radical (unpaired) electrons. The first-order valence-electron chi connectivity index (χ1n) is 6.62. The molecule has 0 saturated carbocycles. The third-order valence-corrected chi connectivity index (χ3v) is 3.15. The fraction of sp³-hybridized carbons (Fsp3) is 0.533. The predicted octanol–water partition coefficient (Wildman–Crippen LogP) is 2.36. The topological polar surface area (TPSA) is 58.6 Å². The summed E-state index contributed by atoms with van der Waals surface area (Å²) in [5, 5.41) is 11.7. The van der Waals surface area contributed by atoms with Gasteiger partial charge in [-0.25, -0.2) is 4.39 Å². The van der Waals surface area contributed by atoms with E-state index < -0.39 is 5.82 Å². The van der Waals surface area contributed by atoms with Gasteiger partial charge in [-0.3, -0.25) is 4.79 Å². The molecule has 0 spiro atoms. The predicted molar refractivity (Wildman–Crippen MR) is 75.4 cm³/mol. The fourth-order valence-electron chi connectivity index (χ4n) is 1.87. The van der Waals surface area contributed by atoms with E-state index in [9.17, 15) is 9.18 Å². The maximum atomic E-state index is 13.3. The molecule has 1 rings (SSSR count). The van der Waals surface area contributed by atoms with Crippen LogP contribution in [0.4, 0.5) is 4.39 Å². The molecule has 4 nitrogen and oxygen atoms in total. The highest BCUT2D eigenvalue weighted by Crippen LogP contribution is 2.22. The first kappa shape index (κ1) is 16.4. The zero-order valence-electron chi connectivity index (χ0n) is 12.2. The first-order chi connectivity index (χ1) is 9.39. The van der Waals surface area contributed by atoms with Gasteiger partial charge in [-0.15, -0.1) is 0 Å². The van der Waals surface area contributed by atoms with Crippen molar-refractivity contribution in [2.75, 3.05) is 20.3 Å². The maximum absolute atomic E-state index is 13.3. The average molecular weight is 283 g/mol. The molecule has 0 aliphatic rings. The molecule has 0 unspecified atom stereocenters. The maximum Gasteiger partial charge on any atom is 0.251 e. The molecular weight excluding hydrogens is 261 g/mol. The number of benzene rings is 1. The Morgan fingerprint density at radius 1 is 1.45 bits per heavy atom. The van der Waals surface area contributed by atoms with Crippen LogP contribution in [0, 0.1) is 11.2 Å². The molecule has 1 amide bonds. The van der Waals surface area contributed by atoms with Crippen LogP contribution >= 0.6 is 0 Å². The Morgan fingerprint density at radius 3 is 2.75 bits per heavy atom. The summed E-state index contributed by atoms with van der Waals surface area (Å²) in [6.45, 7) is 4.68. The second kappa shape index (κ2) is 7.24. The number of hydrogen-bond acceptors (Lipinski definition) is 3. The number of hydrogen-bond donors (Lipinski definition) is 2. The van der Waals surface area contributed by atoms with Gasteiger partial charge in [0.15, 0.2) is 11.6 Å². The number of rotatable bonds is 7. The standard InChI is InChI=1S/C15H22FNO3/c1-15(2,7-4-8-18)10-17-14(19)11-5-6-12(16)13(9-11)20-3/h5-6,9,18H,4,7-8,10H2,1-3H3,(H,17,19). The molecule has 1 aromatic rings. The molecule has 112 valence electrons. The number of carbonyl (C=O) groups is 1. The van der Waals surface area contributed by atoms with E-state index in [1.54, 1.807) is 0 Å². The van der Waals surface area contributed by atoms with E-state index in [1.165, 1.54) is 25.3 Å². The van der Waals surface area contributed by atoms with E-state index in [-0.39, 0.29) is 23.7 Å². The molecule has 0 aromatic heterocycles. The van der Waals surface area contributed by atoms with Gasteiger partial charge in [0.25, 0.3) is 5.91 Å².